The van der Waals surface area contributed by atoms with Crippen LogP contribution in [0.15, 0.2) is 58.2 Å². The summed E-state index contributed by atoms with van der Waals surface area (Å²) in [5.74, 6) is 0.766. The van der Waals surface area contributed by atoms with Crippen LogP contribution in [0, 0.1) is 0 Å². The van der Waals surface area contributed by atoms with Gasteiger partial charge >= 0.3 is 0 Å². The van der Waals surface area contributed by atoms with Crippen LogP contribution in [-0.4, -0.2) is 11.0 Å². The monoisotopic (exact) mass is 334 g/mol. The van der Waals surface area contributed by atoms with E-state index in [1.807, 2.05) is 37.3 Å². The quantitative estimate of drug-likeness (QED) is 0.388. The van der Waals surface area contributed by atoms with E-state index in [0.29, 0.717) is 15.8 Å². The van der Waals surface area contributed by atoms with Crippen LogP contribution in [0.2, 0.25) is 0 Å². The van der Waals surface area contributed by atoms with Crippen LogP contribution in [-0.2, 0) is 0 Å². The molecule has 5 heteroatoms. The molecule has 20 heavy (non-hydrogen) atoms. The number of nitrogens with zero attached hydrogens (tertiary/aromatic N) is 1. The fourth-order valence-corrected chi connectivity index (χ4v) is 2.39. The Morgan fingerprint density at radius 1 is 1.25 bits per heavy atom. The third-order valence-corrected chi connectivity index (χ3v) is 3.56. The summed E-state index contributed by atoms with van der Waals surface area (Å²) in [5.41, 5.74) is 7.29. The third-order valence-electron chi connectivity index (χ3n) is 2.91. The van der Waals surface area contributed by atoms with Gasteiger partial charge in [-0.2, -0.15) is 0 Å². The highest BCUT2D eigenvalue weighted by atomic mass is 79.9. The second kappa shape index (κ2) is 6.43. The van der Waals surface area contributed by atoms with Crippen molar-refractivity contribution < 1.29 is 9.94 Å². The molecule has 0 amide bonds. The molecule has 2 rings (SSSR count). The van der Waals surface area contributed by atoms with Crippen molar-refractivity contribution in [3.05, 3.63) is 64.1 Å². The van der Waals surface area contributed by atoms with Crippen molar-refractivity contribution in [3.63, 3.8) is 0 Å². The van der Waals surface area contributed by atoms with Crippen molar-refractivity contribution in [2.45, 2.75) is 13.0 Å². The van der Waals surface area contributed by atoms with Gasteiger partial charge in [-0.1, -0.05) is 35.5 Å². The number of benzene rings is 2. The number of amidine groups is 1. The normalized spacial score (nSPS) is 13.0. The molecule has 0 radical (unpaired) electrons. The van der Waals surface area contributed by atoms with E-state index in [4.69, 9.17) is 15.7 Å². The first-order valence-electron chi connectivity index (χ1n) is 6.11. The van der Waals surface area contributed by atoms with Crippen molar-refractivity contribution in [3.8, 4) is 5.75 Å². The summed E-state index contributed by atoms with van der Waals surface area (Å²) >= 11 is 3.38. The molecule has 0 bridgehead atoms. The molecule has 2 aromatic carbocycles. The molecule has 0 aliphatic carbocycles. The van der Waals surface area contributed by atoms with Crippen molar-refractivity contribution in [1.29, 1.82) is 0 Å². The highest BCUT2D eigenvalue weighted by Crippen LogP contribution is 2.27. The Balaban J connectivity index is 2.17. The van der Waals surface area contributed by atoms with E-state index in [1.54, 1.807) is 18.2 Å². The summed E-state index contributed by atoms with van der Waals surface area (Å²) in [5, 5.41) is 11.7. The molecular formula is C15H15BrN2O2. The van der Waals surface area contributed by atoms with E-state index in [1.165, 1.54) is 0 Å². The van der Waals surface area contributed by atoms with Gasteiger partial charge in [-0.3, -0.25) is 0 Å². The maximum Gasteiger partial charge on any atom is 0.171 e. The predicted molar refractivity (Wildman–Crippen MR) is 82.1 cm³/mol. The molecule has 0 saturated carbocycles. The molecule has 0 aromatic heterocycles. The molecule has 0 aliphatic rings. The molecule has 0 spiro atoms. The minimum atomic E-state index is -0.0576. The zero-order chi connectivity index (χ0) is 14.5. The summed E-state index contributed by atoms with van der Waals surface area (Å²) in [4.78, 5) is 0. The molecule has 0 heterocycles. The fraction of sp³-hybridized carbons (Fsp3) is 0.133. The first-order valence-corrected chi connectivity index (χ1v) is 6.90. The van der Waals surface area contributed by atoms with E-state index in [2.05, 4.69) is 21.1 Å². The Kier molecular flexibility index (Phi) is 4.63. The zero-order valence-electron chi connectivity index (χ0n) is 11.0. The molecule has 4 nitrogen and oxygen atoms in total. The van der Waals surface area contributed by atoms with Gasteiger partial charge < -0.3 is 15.7 Å². The maximum absolute atomic E-state index is 8.69. The minimum Gasteiger partial charge on any atom is -0.486 e. The van der Waals surface area contributed by atoms with Gasteiger partial charge in [0.25, 0.3) is 0 Å². The molecule has 1 atom stereocenters. The lowest BCUT2D eigenvalue weighted by Gasteiger charge is -2.16. The Bertz CT molecular complexity index is 615. The van der Waals surface area contributed by atoms with Crippen molar-refractivity contribution in [2.75, 3.05) is 0 Å². The zero-order valence-corrected chi connectivity index (χ0v) is 12.5. The Hall–Kier alpha value is -2.01. The van der Waals surface area contributed by atoms with Crippen LogP contribution in [0.4, 0.5) is 0 Å². The number of hydrogen-bond donors (Lipinski definition) is 2. The number of hydrogen-bond acceptors (Lipinski definition) is 3. The standard InChI is InChI=1S/C15H15BrN2O2/c1-10(11-5-3-2-4-6-11)20-12-7-8-13(14(16)9-12)15(17)18-19/h2-10,19H,1H3,(H2,17,18). The van der Waals surface area contributed by atoms with E-state index in [-0.39, 0.29) is 11.9 Å². The summed E-state index contributed by atoms with van der Waals surface area (Å²) in [6.07, 6.45) is -0.0576. The van der Waals surface area contributed by atoms with E-state index in [0.717, 1.165) is 5.56 Å². The van der Waals surface area contributed by atoms with E-state index in [9.17, 15) is 0 Å². The molecule has 0 saturated heterocycles. The first-order chi connectivity index (χ1) is 9.61. The second-order valence-electron chi connectivity index (χ2n) is 4.30. The highest BCUT2D eigenvalue weighted by Gasteiger charge is 2.10. The van der Waals surface area contributed by atoms with E-state index >= 15 is 0 Å². The van der Waals surface area contributed by atoms with Crippen LogP contribution in [0.5, 0.6) is 5.75 Å². The maximum atomic E-state index is 8.69. The predicted octanol–water partition coefficient (Wildman–Crippen LogP) is 3.68. The van der Waals surface area contributed by atoms with Gasteiger partial charge in [-0.05, 0) is 46.6 Å². The van der Waals surface area contributed by atoms with Crippen LogP contribution >= 0.6 is 15.9 Å². The molecule has 0 fully saturated rings. The van der Waals surface area contributed by atoms with Gasteiger partial charge in [-0.25, -0.2) is 0 Å². The first kappa shape index (κ1) is 14.4. The van der Waals surface area contributed by atoms with Crippen molar-refractivity contribution in [1.82, 2.24) is 0 Å². The fourth-order valence-electron chi connectivity index (χ4n) is 1.83. The Labute approximate surface area is 126 Å². The Morgan fingerprint density at radius 2 is 1.95 bits per heavy atom. The van der Waals surface area contributed by atoms with Crippen LogP contribution in [0.3, 0.4) is 0 Å². The van der Waals surface area contributed by atoms with Gasteiger partial charge in [0, 0.05) is 10.0 Å². The largest absolute Gasteiger partial charge is 0.486 e. The Morgan fingerprint density at radius 3 is 2.55 bits per heavy atom. The van der Waals surface area contributed by atoms with Gasteiger partial charge in [0.1, 0.15) is 11.9 Å². The summed E-state index contributed by atoms with van der Waals surface area (Å²) in [6, 6.07) is 15.3. The molecule has 104 valence electrons. The molecule has 2 aromatic rings. The second-order valence-corrected chi connectivity index (χ2v) is 5.15. The minimum absolute atomic E-state index is 0.0551. The summed E-state index contributed by atoms with van der Waals surface area (Å²) in [6.45, 7) is 1.99. The molecule has 1 unspecified atom stereocenters. The van der Waals surface area contributed by atoms with Crippen LogP contribution < -0.4 is 10.5 Å². The summed E-state index contributed by atoms with van der Waals surface area (Å²) < 4.78 is 6.59. The number of halogens is 1. The lowest BCUT2D eigenvalue weighted by atomic mass is 10.1. The topological polar surface area (TPSA) is 67.8 Å². The lowest BCUT2D eigenvalue weighted by molar-refractivity contribution is 0.227. The van der Waals surface area contributed by atoms with Crippen LogP contribution in [0.25, 0.3) is 0 Å². The van der Waals surface area contributed by atoms with Crippen LogP contribution in [0.1, 0.15) is 24.2 Å². The molecule has 0 aliphatic heterocycles. The number of rotatable bonds is 4. The molecule has 3 N–H and O–H groups in total. The SMILES string of the molecule is CC(Oc1ccc(/C(N)=N/O)c(Br)c1)c1ccccc1. The van der Waals surface area contributed by atoms with E-state index < -0.39 is 0 Å². The average Bonchev–Trinajstić information content (AvgIpc) is 2.47. The lowest BCUT2D eigenvalue weighted by Crippen LogP contribution is -2.13. The van der Waals surface area contributed by atoms with Gasteiger partial charge in [-0.15, -0.1) is 0 Å². The third kappa shape index (κ3) is 3.30. The van der Waals surface area contributed by atoms with Crippen molar-refractivity contribution >= 4 is 21.8 Å². The average molecular weight is 335 g/mol. The van der Waals surface area contributed by atoms with Gasteiger partial charge in [0.15, 0.2) is 5.84 Å². The highest BCUT2D eigenvalue weighted by molar-refractivity contribution is 9.10. The van der Waals surface area contributed by atoms with Gasteiger partial charge in [0.2, 0.25) is 0 Å². The number of nitrogens with two attached hydrogens (primary N) is 1. The number of ether oxygens (including phenoxy) is 1. The molecular weight excluding hydrogens is 320 g/mol. The van der Waals surface area contributed by atoms with Crippen molar-refractivity contribution in [2.24, 2.45) is 10.9 Å². The summed E-state index contributed by atoms with van der Waals surface area (Å²) in [7, 11) is 0. The van der Waals surface area contributed by atoms with Gasteiger partial charge in [0.05, 0.1) is 0 Å². The smallest absolute Gasteiger partial charge is 0.171 e. The number of oxime groups is 1.